The molecule has 0 heterocycles. The molecule has 0 bridgehead atoms. The molecule has 0 saturated heterocycles. The number of aliphatic hydroxyl groups excluding tert-OH is 2. The van der Waals surface area contributed by atoms with E-state index in [4.69, 9.17) is 0 Å². The summed E-state index contributed by atoms with van der Waals surface area (Å²) in [6.45, 7) is 8.97. The molecule has 0 spiro atoms. The Balaban J connectivity index is 2.81. The van der Waals surface area contributed by atoms with Crippen molar-refractivity contribution < 1.29 is 10.2 Å². The summed E-state index contributed by atoms with van der Waals surface area (Å²) in [5, 5.41) is 18.4. The van der Waals surface area contributed by atoms with Crippen molar-refractivity contribution in [2.24, 2.45) is 22.7 Å². The van der Waals surface area contributed by atoms with Gasteiger partial charge >= 0.3 is 0 Å². The molecular weight excluding hydrogens is 152 g/mol. The molecule has 0 aromatic heterocycles. The molecule has 12 heavy (non-hydrogen) atoms. The van der Waals surface area contributed by atoms with Crippen molar-refractivity contribution in [3.63, 3.8) is 0 Å². The average molecular weight is 172 g/mol. The Kier molecular flexibility index (Phi) is 2.26. The van der Waals surface area contributed by atoms with E-state index in [0.717, 1.165) is 0 Å². The highest BCUT2D eigenvalue weighted by Crippen LogP contribution is 2.62. The smallest absolute Gasteiger partial charge is 0.0469 e. The second-order valence-corrected chi connectivity index (χ2v) is 5.11. The van der Waals surface area contributed by atoms with Crippen LogP contribution >= 0.6 is 0 Å². The largest absolute Gasteiger partial charge is 0.396 e. The molecule has 0 aromatic carbocycles. The van der Waals surface area contributed by atoms with Crippen molar-refractivity contribution in [2.75, 3.05) is 13.2 Å². The molecule has 2 N–H and O–H groups in total. The van der Waals surface area contributed by atoms with Crippen LogP contribution in [0.15, 0.2) is 0 Å². The van der Waals surface area contributed by atoms with Gasteiger partial charge in [0.15, 0.2) is 0 Å². The van der Waals surface area contributed by atoms with Crippen molar-refractivity contribution in [3.8, 4) is 0 Å². The van der Waals surface area contributed by atoms with E-state index in [9.17, 15) is 10.2 Å². The van der Waals surface area contributed by atoms with Gasteiger partial charge < -0.3 is 10.2 Å². The van der Waals surface area contributed by atoms with Gasteiger partial charge in [0.1, 0.15) is 0 Å². The fourth-order valence-corrected chi connectivity index (χ4v) is 3.25. The summed E-state index contributed by atoms with van der Waals surface area (Å²) in [5.41, 5.74) is 0.181. The molecule has 72 valence electrons. The number of aliphatic hydroxyl groups is 2. The lowest BCUT2D eigenvalue weighted by molar-refractivity contribution is -0.193. The molecule has 2 nitrogen and oxygen atoms in total. The maximum atomic E-state index is 9.19. The Bertz CT molecular complexity index is 141. The minimum atomic E-state index is 0.0903. The van der Waals surface area contributed by atoms with E-state index >= 15 is 0 Å². The second kappa shape index (κ2) is 2.71. The van der Waals surface area contributed by atoms with Crippen LogP contribution < -0.4 is 0 Å². The predicted molar refractivity (Wildman–Crippen MR) is 48.7 cm³/mol. The lowest BCUT2D eigenvalue weighted by Gasteiger charge is -2.63. The summed E-state index contributed by atoms with van der Waals surface area (Å²) in [5.74, 6) is 0.643. The zero-order valence-corrected chi connectivity index (χ0v) is 8.46. The number of hydrogen-bond acceptors (Lipinski definition) is 2. The van der Waals surface area contributed by atoms with Gasteiger partial charge in [-0.25, -0.2) is 0 Å². The molecule has 1 aliphatic carbocycles. The monoisotopic (exact) mass is 172 g/mol. The summed E-state index contributed by atoms with van der Waals surface area (Å²) >= 11 is 0. The van der Waals surface area contributed by atoms with E-state index in [2.05, 4.69) is 27.7 Å². The van der Waals surface area contributed by atoms with Crippen molar-refractivity contribution >= 4 is 0 Å². The van der Waals surface area contributed by atoms with Gasteiger partial charge in [-0.2, -0.15) is 0 Å². The summed E-state index contributed by atoms with van der Waals surface area (Å²) < 4.78 is 0. The maximum absolute atomic E-state index is 9.19. The molecular formula is C10H20O2. The van der Waals surface area contributed by atoms with Crippen LogP contribution in [-0.4, -0.2) is 23.4 Å². The molecule has 0 atom stereocenters. The SMILES string of the molecule is CC1(C)C(CO)C(C)(C)C1CO. The van der Waals surface area contributed by atoms with Crippen LogP contribution in [0.3, 0.4) is 0 Å². The minimum Gasteiger partial charge on any atom is -0.396 e. The lowest BCUT2D eigenvalue weighted by Crippen LogP contribution is -2.62. The summed E-state index contributed by atoms with van der Waals surface area (Å²) in [4.78, 5) is 0. The van der Waals surface area contributed by atoms with Crippen LogP contribution in [0.2, 0.25) is 0 Å². The number of rotatable bonds is 2. The van der Waals surface area contributed by atoms with Gasteiger partial charge in [-0.15, -0.1) is 0 Å². The standard InChI is InChI=1S/C10H20O2/c1-9(2)7(5-11)10(3,4)8(9)6-12/h7-8,11-12H,5-6H2,1-4H3. The first-order valence-electron chi connectivity index (χ1n) is 4.60. The van der Waals surface area contributed by atoms with E-state index in [1.54, 1.807) is 0 Å². The molecule has 1 aliphatic rings. The van der Waals surface area contributed by atoms with Gasteiger partial charge in [0.2, 0.25) is 0 Å². The third-order valence-electron chi connectivity index (χ3n) is 3.96. The quantitative estimate of drug-likeness (QED) is 0.658. The summed E-state index contributed by atoms with van der Waals surface area (Å²) in [7, 11) is 0. The molecule has 0 aliphatic heterocycles. The Morgan fingerprint density at radius 3 is 1.25 bits per heavy atom. The van der Waals surface area contributed by atoms with Crippen molar-refractivity contribution in [2.45, 2.75) is 27.7 Å². The minimum absolute atomic E-state index is 0.0903. The van der Waals surface area contributed by atoms with E-state index in [-0.39, 0.29) is 24.0 Å². The zero-order valence-electron chi connectivity index (χ0n) is 8.46. The first kappa shape index (κ1) is 10.0. The molecule has 1 fully saturated rings. The van der Waals surface area contributed by atoms with Gasteiger partial charge in [-0.05, 0) is 22.7 Å². The third kappa shape index (κ3) is 1.01. The Hall–Kier alpha value is -0.0800. The first-order chi connectivity index (χ1) is 5.39. The number of hydrogen-bond donors (Lipinski definition) is 2. The van der Waals surface area contributed by atoms with Crippen LogP contribution in [0.4, 0.5) is 0 Å². The molecule has 1 rings (SSSR count). The highest BCUT2D eigenvalue weighted by atomic mass is 16.3. The van der Waals surface area contributed by atoms with Crippen LogP contribution in [0, 0.1) is 22.7 Å². The zero-order chi connectivity index (χ0) is 9.57. The van der Waals surface area contributed by atoms with Gasteiger partial charge in [0.25, 0.3) is 0 Å². The van der Waals surface area contributed by atoms with Crippen molar-refractivity contribution in [3.05, 3.63) is 0 Å². The highest BCUT2D eigenvalue weighted by molar-refractivity contribution is 5.07. The molecule has 2 heteroatoms. The van der Waals surface area contributed by atoms with Crippen molar-refractivity contribution in [1.82, 2.24) is 0 Å². The average Bonchev–Trinajstić information content (AvgIpc) is 1.85. The topological polar surface area (TPSA) is 40.5 Å². The fraction of sp³-hybridized carbons (Fsp3) is 1.00. The maximum Gasteiger partial charge on any atom is 0.0469 e. The Labute approximate surface area is 74.6 Å². The van der Waals surface area contributed by atoms with Crippen LogP contribution in [0.1, 0.15) is 27.7 Å². The molecule has 0 unspecified atom stereocenters. The molecule has 0 aromatic rings. The summed E-state index contributed by atoms with van der Waals surface area (Å²) in [6, 6.07) is 0. The van der Waals surface area contributed by atoms with Crippen molar-refractivity contribution in [1.29, 1.82) is 0 Å². The highest BCUT2D eigenvalue weighted by Gasteiger charge is 2.60. The molecule has 1 saturated carbocycles. The van der Waals surface area contributed by atoms with E-state index in [1.807, 2.05) is 0 Å². The van der Waals surface area contributed by atoms with E-state index in [1.165, 1.54) is 0 Å². The van der Waals surface area contributed by atoms with Gasteiger partial charge in [-0.1, -0.05) is 27.7 Å². The van der Waals surface area contributed by atoms with Gasteiger partial charge in [0.05, 0.1) is 0 Å². The van der Waals surface area contributed by atoms with Crippen LogP contribution in [0.25, 0.3) is 0 Å². The van der Waals surface area contributed by atoms with E-state index in [0.29, 0.717) is 11.8 Å². The van der Waals surface area contributed by atoms with Crippen LogP contribution in [0.5, 0.6) is 0 Å². The van der Waals surface area contributed by atoms with Gasteiger partial charge in [-0.3, -0.25) is 0 Å². The first-order valence-corrected chi connectivity index (χ1v) is 4.60. The Morgan fingerprint density at radius 1 is 0.833 bits per heavy atom. The molecule has 0 amide bonds. The fourth-order valence-electron chi connectivity index (χ4n) is 3.25. The van der Waals surface area contributed by atoms with Gasteiger partial charge in [0, 0.05) is 13.2 Å². The summed E-state index contributed by atoms with van der Waals surface area (Å²) in [6.07, 6.45) is 0. The third-order valence-corrected chi connectivity index (χ3v) is 3.96. The Morgan fingerprint density at radius 2 is 1.08 bits per heavy atom. The van der Waals surface area contributed by atoms with E-state index < -0.39 is 0 Å². The predicted octanol–water partition coefficient (Wildman–Crippen LogP) is 1.27. The van der Waals surface area contributed by atoms with Crippen LogP contribution in [-0.2, 0) is 0 Å². The normalized spacial score (nSPS) is 37.5. The second-order valence-electron chi connectivity index (χ2n) is 5.11. The molecule has 0 radical (unpaired) electrons. The lowest BCUT2D eigenvalue weighted by atomic mass is 9.42.